The number of carbonyl (C=O) groups is 3. The molecule has 2 aliphatic carbocycles. The third-order valence-electron chi connectivity index (χ3n) is 10.7. The quantitative estimate of drug-likeness (QED) is 0.129. The number of nitrogens with one attached hydrogen (secondary N) is 1. The van der Waals surface area contributed by atoms with Crippen LogP contribution in [0.25, 0.3) is 0 Å². The van der Waals surface area contributed by atoms with Crippen LogP contribution >= 0.6 is 27.5 Å². The van der Waals surface area contributed by atoms with Gasteiger partial charge in [-0.2, -0.15) is 0 Å². The maximum atomic E-state index is 11.7. The highest BCUT2D eigenvalue weighted by Crippen LogP contribution is 2.30. The van der Waals surface area contributed by atoms with Gasteiger partial charge < -0.3 is 19.9 Å². The first kappa shape index (κ1) is 49.2. The Hall–Kier alpha value is -4.14. The molecule has 0 bridgehead atoms. The first-order valence-electron chi connectivity index (χ1n) is 21.2. The summed E-state index contributed by atoms with van der Waals surface area (Å²) >= 11 is 9.52. The zero-order valence-electron chi connectivity index (χ0n) is 36.0. The van der Waals surface area contributed by atoms with Crippen molar-refractivity contribution in [3.05, 3.63) is 116 Å². The summed E-state index contributed by atoms with van der Waals surface area (Å²) in [5.41, 5.74) is 5.46. The van der Waals surface area contributed by atoms with E-state index in [1.165, 1.54) is 101 Å². The molecule has 4 aromatic carbocycles. The number of halogens is 2. The minimum atomic E-state index is -0.0295. The number of ketones is 3. The number of rotatable bonds is 13. The molecule has 0 saturated heterocycles. The summed E-state index contributed by atoms with van der Waals surface area (Å²) < 4.78 is 11.5. The van der Waals surface area contributed by atoms with Gasteiger partial charge in [0.2, 0.25) is 0 Å². The van der Waals surface area contributed by atoms with Crippen LogP contribution in [0.2, 0.25) is 5.02 Å². The third kappa shape index (κ3) is 17.9. The van der Waals surface area contributed by atoms with Crippen molar-refractivity contribution in [1.82, 2.24) is 0 Å². The Bertz CT molecular complexity index is 1900. The molecule has 0 spiro atoms. The van der Waals surface area contributed by atoms with Gasteiger partial charge in [-0.1, -0.05) is 117 Å². The molecule has 0 aliphatic heterocycles. The average molecular weight is 891 g/mol. The van der Waals surface area contributed by atoms with Gasteiger partial charge >= 0.3 is 0 Å². The molecule has 2 saturated carbocycles. The molecule has 6 rings (SSSR count). The van der Waals surface area contributed by atoms with Crippen molar-refractivity contribution in [2.45, 2.75) is 130 Å². The van der Waals surface area contributed by atoms with Crippen LogP contribution in [0, 0.1) is 12.8 Å². The highest BCUT2D eigenvalue weighted by Gasteiger charge is 2.16. The van der Waals surface area contributed by atoms with Crippen LogP contribution in [0.1, 0.15) is 142 Å². The monoisotopic (exact) mass is 889 g/mol. The maximum absolute atomic E-state index is 11.7. The van der Waals surface area contributed by atoms with Crippen molar-refractivity contribution in [2.24, 2.45) is 5.92 Å². The zero-order valence-corrected chi connectivity index (χ0v) is 38.4. The van der Waals surface area contributed by atoms with E-state index < -0.39 is 0 Å². The van der Waals surface area contributed by atoms with Crippen LogP contribution in [0.3, 0.4) is 0 Å². The molecule has 0 aromatic heterocycles. The van der Waals surface area contributed by atoms with Crippen LogP contribution < -0.4 is 14.8 Å². The predicted octanol–water partition coefficient (Wildman–Crippen LogP) is 13.8. The van der Waals surface area contributed by atoms with E-state index in [4.69, 9.17) is 21.1 Å². The SMILES string of the molecule is Brc1ccc(CCC2CCCCC2)cc1.CCC(=O)c1cc(Cl)c(CC(C)=O)cc1OC.CCC(=O)c1ccc(C)cc1OC.Oc1cccc(NC2CCCCC2)c1. The fraction of sp³-hybridized carbons (Fsp3) is 0.460. The lowest BCUT2D eigenvalue weighted by Gasteiger charge is -2.23. The second-order valence-corrected chi connectivity index (χ2v) is 16.8. The highest BCUT2D eigenvalue weighted by molar-refractivity contribution is 9.10. The second-order valence-electron chi connectivity index (χ2n) is 15.5. The number of phenols is 1. The molecular weight excluding hydrogens is 826 g/mol. The predicted molar refractivity (Wildman–Crippen MR) is 247 cm³/mol. The van der Waals surface area contributed by atoms with Crippen molar-refractivity contribution >= 4 is 50.6 Å². The number of benzene rings is 4. The van der Waals surface area contributed by atoms with E-state index in [-0.39, 0.29) is 23.8 Å². The first-order chi connectivity index (χ1) is 28.4. The Morgan fingerprint density at radius 2 is 1.36 bits per heavy atom. The largest absolute Gasteiger partial charge is 0.508 e. The minimum absolute atomic E-state index is 0.0171. The number of methoxy groups -OCH3 is 2. The first-order valence-corrected chi connectivity index (χ1v) is 22.4. The lowest BCUT2D eigenvalue weighted by atomic mass is 9.85. The van der Waals surface area contributed by atoms with Gasteiger partial charge in [-0.15, -0.1) is 0 Å². The Balaban J connectivity index is 0.000000211. The molecule has 0 amide bonds. The summed E-state index contributed by atoms with van der Waals surface area (Å²) in [4.78, 5) is 34.2. The fourth-order valence-corrected chi connectivity index (χ4v) is 7.87. The average Bonchev–Trinajstić information content (AvgIpc) is 3.24. The van der Waals surface area contributed by atoms with Crippen molar-refractivity contribution in [2.75, 3.05) is 19.5 Å². The van der Waals surface area contributed by atoms with Gasteiger partial charge in [0.25, 0.3) is 0 Å². The minimum Gasteiger partial charge on any atom is -0.508 e. The van der Waals surface area contributed by atoms with E-state index in [0.717, 1.165) is 17.2 Å². The van der Waals surface area contributed by atoms with Crippen LogP contribution in [0.4, 0.5) is 5.69 Å². The Morgan fingerprint density at radius 3 is 1.93 bits per heavy atom. The molecule has 4 aromatic rings. The smallest absolute Gasteiger partial charge is 0.166 e. The highest BCUT2D eigenvalue weighted by atomic mass is 79.9. The maximum Gasteiger partial charge on any atom is 0.166 e. The van der Waals surface area contributed by atoms with Gasteiger partial charge in [-0.25, -0.2) is 0 Å². The van der Waals surface area contributed by atoms with Crippen molar-refractivity contribution in [3.63, 3.8) is 0 Å². The fourth-order valence-electron chi connectivity index (χ4n) is 7.37. The molecule has 59 heavy (non-hydrogen) atoms. The lowest BCUT2D eigenvalue weighted by molar-refractivity contribution is -0.116. The molecule has 2 aliphatic rings. The zero-order chi connectivity index (χ0) is 43.2. The molecule has 0 heterocycles. The Labute approximate surface area is 366 Å². The van der Waals surface area contributed by atoms with Gasteiger partial charge in [0.1, 0.15) is 23.0 Å². The number of anilines is 1. The summed E-state index contributed by atoms with van der Waals surface area (Å²) in [5.74, 6) is 2.59. The number of Topliss-reactive ketones (excluding diaryl/α,β-unsaturated/α-hetero) is 3. The normalized spacial score (nSPS) is 13.9. The van der Waals surface area contributed by atoms with Crippen LogP contribution in [-0.2, 0) is 17.6 Å². The van der Waals surface area contributed by atoms with E-state index >= 15 is 0 Å². The summed E-state index contributed by atoms with van der Waals surface area (Å²) in [5, 5.41) is 13.2. The number of phenolic OH excluding ortho intramolecular Hbond substituents is 1. The number of hydrogen-bond donors (Lipinski definition) is 2. The molecule has 0 radical (unpaired) electrons. The number of aromatic hydroxyl groups is 1. The molecule has 0 unspecified atom stereocenters. The Kier molecular flexibility index (Phi) is 22.4. The lowest BCUT2D eigenvalue weighted by Crippen LogP contribution is -2.21. The molecular formula is C50H65BrClNO6. The van der Waals surface area contributed by atoms with E-state index in [9.17, 15) is 19.5 Å². The molecule has 2 fully saturated rings. The van der Waals surface area contributed by atoms with E-state index in [0.29, 0.717) is 57.8 Å². The van der Waals surface area contributed by atoms with Gasteiger partial charge in [0.15, 0.2) is 11.6 Å². The Morgan fingerprint density at radius 1 is 0.763 bits per heavy atom. The van der Waals surface area contributed by atoms with Crippen molar-refractivity contribution in [1.29, 1.82) is 0 Å². The van der Waals surface area contributed by atoms with E-state index in [1.54, 1.807) is 38.3 Å². The number of ether oxygens (including phenoxy) is 2. The van der Waals surface area contributed by atoms with Gasteiger partial charge in [0.05, 0.1) is 25.3 Å². The summed E-state index contributed by atoms with van der Waals surface area (Å²) in [6.07, 6.45) is 17.7. The molecule has 2 N–H and O–H groups in total. The molecule has 0 atom stereocenters. The van der Waals surface area contributed by atoms with E-state index in [2.05, 4.69) is 45.5 Å². The summed E-state index contributed by atoms with van der Waals surface area (Å²) in [6.45, 7) is 7.09. The number of hydrogen-bond acceptors (Lipinski definition) is 7. The summed E-state index contributed by atoms with van der Waals surface area (Å²) in [7, 11) is 3.08. The van der Waals surface area contributed by atoms with Crippen LogP contribution in [0.15, 0.2) is 83.3 Å². The number of aryl methyl sites for hydroxylation is 2. The molecule has 7 nitrogen and oxygen atoms in total. The second kappa shape index (κ2) is 26.9. The van der Waals surface area contributed by atoms with Gasteiger partial charge in [-0.3, -0.25) is 14.4 Å². The molecule has 9 heteroatoms. The van der Waals surface area contributed by atoms with Crippen LogP contribution in [0.5, 0.6) is 17.2 Å². The van der Waals surface area contributed by atoms with Gasteiger partial charge in [0, 0.05) is 46.6 Å². The standard InChI is InChI=1S/C14H19Br.C13H15ClO3.C12H17NO.C11H14O2/c15-14-10-8-13(9-11-14)7-6-12-4-2-1-3-5-12;1-4-12(16)10-7-11(14)9(5-8(2)15)6-13(10)17-3;14-12-8-4-7-11(9-12)13-10-5-2-1-3-6-10;1-4-10(12)9-6-5-8(2)7-11(9)13-3/h8-12H,1-7H2;6-7H,4-5H2,1-3H3;4,7-10,13-14H,1-3,5-6H2;5-7H,4H2,1-3H3. The van der Waals surface area contributed by atoms with Gasteiger partial charge in [-0.05, 0) is 111 Å². The summed E-state index contributed by atoms with van der Waals surface area (Å²) in [6, 6.07) is 25.6. The van der Waals surface area contributed by atoms with Crippen LogP contribution in [-0.4, -0.2) is 42.7 Å². The number of carbonyl (C=O) groups excluding carboxylic acids is 3. The van der Waals surface area contributed by atoms with Crippen molar-refractivity contribution in [3.8, 4) is 17.2 Å². The van der Waals surface area contributed by atoms with E-state index in [1.807, 2.05) is 44.2 Å². The topological polar surface area (TPSA) is 102 Å². The third-order valence-corrected chi connectivity index (χ3v) is 11.6. The molecule has 320 valence electrons. The van der Waals surface area contributed by atoms with Crippen molar-refractivity contribution < 1.29 is 29.0 Å².